The first kappa shape index (κ1) is 54.1. The molecule has 12 nitrogen and oxygen atoms in total. The van der Waals surface area contributed by atoms with Gasteiger partial charge in [0, 0.05) is 19.3 Å². The second kappa shape index (κ2) is 38.6. The van der Waals surface area contributed by atoms with Gasteiger partial charge in [-0.2, -0.15) is 0 Å². The zero-order valence-electron chi connectivity index (χ0n) is 35.2. The minimum atomic E-state index is -4.75. The molecule has 0 aliphatic rings. The summed E-state index contributed by atoms with van der Waals surface area (Å²) in [6.07, 6.45) is 38.5. The average molecular weight is 826 g/mol. The molecule has 13 heteroatoms. The minimum absolute atomic E-state index is 0.0981. The fraction of sp³-hybridized carbons (Fsp3) is 0.727. The first-order valence-electron chi connectivity index (χ1n) is 21.6. The summed E-state index contributed by atoms with van der Waals surface area (Å²) in [4.78, 5) is 58.0. The van der Waals surface area contributed by atoms with Gasteiger partial charge in [-0.1, -0.05) is 133 Å². The van der Waals surface area contributed by atoms with Gasteiger partial charge in [0.2, 0.25) is 0 Å². The van der Waals surface area contributed by atoms with Crippen LogP contribution < -0.4 is 5.73 Å². The number of aliphatic carboxylic acids is 1. The Morgan fingerprint density at radius 2 is 1.09 bits per heavy atom. The standard InChI is InChI=1S/C44H76NO11P/c1-3-5-7-9-11-12-13-14-15-16-17-18-19-20-22-26-31-35-43(48)56-40(37-54-57(51,52)55-38-41(45)44(49)50)36-53-42(47)34-30-27-23-25-29-33-39(46)32-28-24-21-10-8-6-4-2/h11-12,14-15,21,24,28,32,40-41H,3-10,13,16-20,22-23,25-27,29-31,33-38,45H2,1-2H3,(H,49,50)(H,51,52)/b12-11-,15-14-,24-21-,32-28+/t40-,41+/m1/s1. The Kier molecular flexibility index (Phi) is 36.7. The predicted molar refractivity (Wildman–Crippen MR) is 227 cm³/mol. The number of hydrogen-bond acceptors (Lipinski definition) is 10. The lowest BCUT2D eigenvalue weighted by molar-refractivity contribution is -0.161. The normalized spacial score (nSPS) is 14.1. The lowest BCUT2D eigenvalue weighted by Gasteiger charge is -2.20. The Hall–Kier alpha value is -2.89. The molecule has 0 heterocycles. The molecule has 0 aromatic rings. The van der Waals surface area contributed by atoms with Crippen molar-refractivity contribution in [3.63, 3.8) is 0 Å². The van der Waals surface area contributed by atoms with E-state index in [4.69, 9.17) is 24.8 Å². The Bertz CT molecular complexity index is 1220. The van der Waals surface area contributed by atoms with Gasteiger partial charge < -0.3 is 25.2 Å². The first-order chi connectivity index (χ1) is 27.5. The van der Waals surface area contributed by atoms with Crippen LogP contribution in [0.15, 0.2) is 48.6 Å². The maximum absolute atomic E-state index is 12.6. The van der Waals surface area contributed by atoms with Gasteiger partial charge in [0.05, 0.1) is 13.2 Å². The van der Waals surface area contributed by atoms with E-state index in [0.29, 0.717) is 19.3 Å². The molecule has 0 aliphatic carbocycles. The van der Waals surface area contributed by atoms with Crippen molar-refractivity contribution in [3.8, 4) is 0 Å². The number of unbranched alkanes of at least 4 members (excludes halogenated alkanes) is 17. The first-order valence-corrected chi connectivity index (χ1v) is 23.1. The van der Waals surface area contributed by atoms with E-state index in [0.717, 1.165) is 89.9 Å². The summed E-state index contributed by atoms with van der Waals surface area (Å²) in [5.74, 6) is -2.40. The number of hydrogen-bond donors (Lipinski definition) is 3. The minimum Gasteiger partial charge on any atom is -0.480 e. The molecule has 0 rings (SSSR count). The second-order valence-electron chi connectivity index (χ2n) is 14.5. The smallest absolute Gasteiger partial charge is 0.472 e. The van der Waals surface area contributed by atoms with Crippen molar-refractivity contribution >= 4 is 31.5 Å². The maximum atomic E-state index is 12.6. The predicted octanol–water partition coefficient (Wildman–Crippen LogP) is 10.6. The number of esters is 2. The topological polar surface area (TPSA) is 189 Å². The Balaban J connectivity index is 4.47. The SMILES string of the molecule is CCCCC/C=C\C=C\C(=O)CCCCCCCC(=O)OC[C@H](COP(=O)(O)OC[C@H](N)C(=O)O)OC(=O)CCCCCCCCC/C=C\C/C=C\CCCCC. The highest BCUT2D eigenvalue weighted by atomic mass is 31.2. The third-order valence-corrected chi connectivity index (χ3v) is 9.98. The van der Waals surface area contributed by atoms with Crippen LogP contribution >= 0.6 is 7.82 Å². The molecule has 4 N–H and O–H groups in total. The van der Waals surface area contributed by atoms with Crippen LogP contribution in [0.25, 0.3) is 0 Å². The van der Waals surface area contributed by atoms with E-state index in [9.17, 15) is 28.6 Å². The number of carbonyl (C=O) groups is 4. The highest BCUT2D eigenvalue weighted by Crippen LogP contribution is 2.43. The summed E-state index contributed by atoms with van der Waals surface area (Å²) >= 11 is 0. The lowest BCUT2D eigenvalue weighted by atomic mass is 10.1. The molecule has 0 saturated carbocycles. The Morgan fingerprint density at radius 1 is 0.596 bits per heavy atom. The summed E-state index contributed by atoms with van der Waals surface area (Å²) in [6, 6.07) is -1.54. The summed E-state index contributed by atoms with van der Waals surface area (Å²) in [6.45, 7) is 2.59. The summed E-state index contributed by atoms with van der Waals surface area (Å²) in [5, 5.41) is 8.88. The van der Waals surface area contributed by atoms with Crippen molar-refractivity contribution in [2.45, 2.75) is 187 Å². The van der Waals surface area contributed by atoms with E-state index in [1.54, 1.807) is 12.2 Å². The quantitative estimate of drug-likeness (QED) is 0.0133. The van der Waals surface area contributed by atoms with Crippen LogP contribution in [-0.4, -0.2) is 65.7 Å². The highest BCUT2D eigenvalue weighted by Gasteiger charge is 2.28. The van der Waals surface area contributed by atoms with E-state index in [2.05, 4.69) is 48.8 Å². The molecule has 0 spiro atoms. The average Bonchev–Trinajstić information content (AvgIpc) is 3.18. The van der Waals surface area contributed by atoms with E-state index < -0.39 is 57.7 Å². The van der Waals surface area contributed by atoms with Crippen LogP contribution in [0.5, 0.6) is 0 Å². The van der Waals surface area contributed by atoms with Crippen LogP contribution in [0.4, 0.5) is 0 Å². The number of allylic oxidation sites excluding steroid dienone is 8. The zero-order chi connectivity index (χ0) is 42.2. The molecule has 0 aliphatic heterocycles. The van der Waals surface area contributed by atoms with Crippen molar-refractivity contribution < 1.29 is 52.3 Å². The number of rotatable bonds is 40. The second-order valence-corrected chi connectivity index (χ2v) is 16.0. The van der Waals surface area contributed by atoms with Gasteiger partial charge in [0.15, 0.2) is 11.9 Å². The molecule has 57 heavy (non-hydrogen) atoms. The molecule has 0 fully saturated rings. The summed E-state index contributed by atoms with van der Waals surface area (Å²) in [7, 11) is -4.75. The third-order valence-electron chi connectivity index (χ3n) is 9.03. The van der Waals surface area contributed by atoms with Gasteiger partial charge in [-0.25, -0.2) is 4.57 Å². The molecule has 0 saturated heterocycles. The van der Waals surface area contributed by atoms with E-state index in [-0.39, 0.29) is 18.6 Å². The summed E-state index contributed by atoms with van der Waals surface area (Å²) < 4.78 is 32.6. The van der Waals surface area contributed by atoms with Crippen molar-refractivity contribution in [3.05, 3.63) is 48.6 Å². The molecule has 0 bridgehead atoms. The maximum Gasteiger partial charge on any atom is 0.472 e. The molecule has 0 aromatic heterocycles. The number of nitrogens with two attached hydrogens (primary N) is 1. The number of carboxylic acids is 1. The van der Waals surface area contributed by atoms with Gasteiger partial charge >= 0.3 is 25.7 Å². The Morgan fingerprint density at radius 3 is 1.67 bits per heavy atom. The zero-order valence-corrected chi connectivity index (χ0v) is 36.1. The van der Waals surface area contributed by atoms with Crippen LogP contribution in [-0.2, 0) is 42.3 Å². The number of carboxylic acid groups (broad SMARTS) is 1. The van der Waals surface area contributed by atoms with Gasteiger partial charge in [-0.15, -0.1) is 0 Å². The van der Waals surface area contributed by atoms with Gasteiger partial charge in [0.1, 0.15) is 12.6 Å². The fourth-order valence-corrected chi connectivity index (χ4v) is 6.32. The van der Waals surface area contributed by atoms with Crippen LogP contribution in [0.3, 0.4) is 0 Å². The van der Waals surface area contributed by atoms with Crippen molar-refractivity contribution in [1.82, 2.24) is 0 Å². The number of carbonyl (C=O) groups excluding carboxylic acids is 3. The monoisotopic (exact) mass is 826 g/mol. The van der Waals surface area contributed by atoms with Crippen molar-refractivity contribution in [2.24, 2.45) is 5.73 Å². The molecule has 3 atom stereocenters. The number of phosphoric acid groups is 1. The van der Waals surface area contributed by atoms with Crippen molar-refractivity contribution in [1.29, 1.82) is 0 Å². The van der Waals surface area contributed by atoms with E-state index >= 15 is 0 Å². The molecule has 0 amide bonds. The molecule has 328 valence electrons. The number of ketones is 1. The van der Waals surface area contributed by atoms with E-state index in [1.807, 2.05) is 6.08 Å². The Labute approximate surface area is 343 Å². The number of ether oxygens (including phenoxy) is 2. The van der Waals surface area contributed by atoms with Crippen LogP contribution in [0, 0.1) is 0 Å². The highest BCUT2D eigenvalue weighted by molar-refractivity contribution is 7.47. The molecule has 1 unspecified atom stereocenters. The third kappa shape index (κ3) is 38.4. The van der Waals surface area contributed by atoms with Gasteiger partial charge in [0.25, 0.3) is 0 Å². The summed E-state index contributed by atoms with van der Waals surface area (Å²) in [5.41, 5.74) is 5.32. The fourth-order valence-electron chi connectivity index (χ4n) is 5.55. The number of phosphoric ester groups is 1. The molecule has 0 aromatic carbocycles. The van der Waals surface area contributed by atoms with Crippen LogP contribution in [0.1, 0.15) is 174 Å². The molecular formula is C44H76NO11P. The lowest BCUT2D eigenvalue weighted by Crippen LogP contribution is -2.34. The van der Waals surface area contributed by atoms with Crippen LogP contribution in [0.2, 0.25) is 0 Å². The van der Waals surface area contributed by atoms with Gasteiger partial charge in [-0.05, 0) is 70.3 Å². The van der Waals surface area contributed by atoms with E-state index in [1.165, 1.54) is 38.5 Å². The largest absolute Gasteiger partial charge is 0.480 e. The molecule has 0 radical (unpaired) electrons. The van der Waals surface area contributed by atoms with Gasteiger partial charge in [-0.3, -0.25) is 28.2 Å². The van der Waals surface area contributed by atoms with Crippen molar-refractivity contribution in [2.75, 3.05) is 19.8 Å². The molecular weight excluding hydrogens is 749 g/mol.